The standard InChI is InChI=1S/C14H20O2/c1-2-11-6-8-13(9-7-11)16-14-5-3-4-12(15)10-14/h3-5,10-11,13,15H,2,6-9H2,1H3. The van der Waals surface area contributed by atoms with Crippen molar-refractivity contribution in [3.05, 3.63) is 24.3 Å². The smallest absolute Gasteiger partial charge is 0.123 e. The van der Waals surface area contributed by atoms with Crippen molar-refractivity contribution >= 4 is 0 Å². The maximum absolute atomic E-state index is 9.34. The Kier molecular flexibility index (Phi) is 3.70. The van der Waals surface area contributed by atoms with Crippen LogP contribution in [0.5, 0.6) is 11.5 Å². The molecule has 0 spiro atoms. The number of ether oxygens (including phenoxy) is 1. The van der Waals surface area contributed by atoms with Gasteiger partial charge in [-0.3, -0.25) is 0 Å². The number of hydrogen-bond acceptors (Lipinski definition) is 2. The van der Waals surface area contributed by atoms with Crippen molar-refractivity contribution in [3.8, 4) is 11.5 Å². The zero-order valence-electron chi connectivity index (χ0n) is 9.86. The van der Waals surface area contributed by atoms with Crippen molar-refractivity contribution in [1.29, 1.82) is 0 Å². The van der Waals surface area contributed by atoms with E-state index in [1.165, 1.54) is 19.3 Å². The maximum atomic E-state index is 9.34. The molecule has 0 aliphatic heterocycles. The summed E-state index contributed by atoms with van der Waals surface area (Å²) in [6.07, 6.45) is 6.48. The first kappa shape index (κ1) is 11.3. The third-order valence-electron chi connectivity index (χ3n) is 3.49. The lowest BCUT2D eigenvalue weighted by Crippen LogP contribution is -2.23. The van der Waals surface area contributed by atoms with Crippen LogP contribution in [-0.4, -0.2) is 11.2 Å². The van der Waals surface area contributed by atoms with Crippen molar-refractivity contribution < 1.29 is 9.84 Å². The van der Waals surface area contributed by atoms with Crippen LogP contribution in [0.25, 0.3) is 0 Å². The van der Waals surface area contributed by atoms with Crippen LogP contribution in [-0.2, 0) is 0 Å². The Bertz CT molecular complexity index is 327. The minimum absolute atomic E-state index is 0.278. The molecule has 0 atom stereocenters. The predicted octanol–water partition coefficient (Wildman–Crippen LogP) is 3.74. The molecular weight excluding hydrogens is 200 g/mol. The average molecular weight is 220 g/mol. The van der Waals surface area contributed by atoms with E-state index in [0.29, 0.717) is 6.10 Å². The third kappa shape index (κ3) is 2.91. The lowest BCUT2D eigenvalue weighted by molar-refractivity contribution is 0.129. The second kappa shape index (κ2) is 5.24. The van der Waals surface area contributed by atoms with E-state index in [9.17, 15) is 5.11 Å². The summed E-state index contributed by atoms with van der Waals surface area (Å²) in [6, 6.07) is 7.08. The van der Waals surface area contributed by atoms with E-state index in [4.69, 9.17) is 4.74 Å². The van der Waals surface area contributed by atoms with Crippen LogP contribution in [0.2, 0.25) is 0 Å². The highest BCUT2D eigenvalue weighted by atomic mass is 16.5. The first-order chi connectivity index (χ1) is 7.78. The summed E-state index contributed by atoms with van der Waals surface area (Å²) in [6.45, 7) is 2.26. The van der Waals surface area contributed by atoms with Crippen LogP contribution in [0.3, 0.4) is 0 Å². The van der Waals surface area contributed by atoms with Gasteiger partial charge in [0.05, 0.1) is 6.10 Å². The number of phenolic OH excluding ortho intramolecular Hbond substituents is 1. The number of aromatic hydroxyl groups is 1. The van der Waals surface area contributed by atoms with E-state index in [1.54, 1.807) is 12.1 Å². The second-order valence-electron chi connectivity index (χ2n) is 4.67. The molecule has 0 bridgehead atoms. The molecule has 1 saturated carbocycles. The Labute approximate surface area is 97.3 Å². The molecule has 0 radical (unpaired) electrons. The first-order valence-electron chi connectivity index (χ1n) is 6.23. The van der Waals surface area contributed by atoms with Crippen molar-refractivity contribution in [3.63, 3.8) is 0 Å². The van der Waals surface area contributed by atoms with E-state index in [-0.39, 0.29) is 5.75 Å². The molecule has 2 heteroatoms. The van der Waals surface area contributed by atoms with E-state index in [0.717, 1.165) is 24.5 Å². The van der Waals surface area contributed by atoms with Crippen molar-refractivity contribution in [2.75, 3.05) is 0 Å². The van der Waals surface area contributed by atoms with Crippen molar-refractivity contribution in [2.45, 2.75) is 45.1 Å². The predicted molar refractivity (Wildman–Crippen MR) is 64.8 cm³/mol. The molecule has 16 heavy (non-hydrogen) atoms. The normalized spacial score (nSPS) is 25.3. The molecule has 0 amide bonds. The van der Waals surface area contributed by atoms with Crippen LogP contribution in [0.4, 0.5) is 0 Å². The summed E-state index contributed by atoms with van der Waals surface area (Å²) < 4.78 is 5.87. The maximum Gasteiger partial charge on any atom is 0.123 e. The zero-order valence-corrected chi connectivity index (χ0v) is 9.86. The van der Waals surface area contributed by atoms with Gasteiger partial charge in [0.25, 0.3) is 0 Å². The van der Waals surface area contributed by atoms with Gasteiger partial charge in [-0.2, -0.15) is 0 Å². The summed E-state index contributed by atoms with van der Waals surface area (Å²) in [5.74, 6) is 1.96. The molecule has 0 heterocycles. The van der Waals surface area contributed by atoms with Gasteiger partial charge in [0.2, 0.25) is 0 Å². The minimum Gasteiger partial charge on any atom is -0.508 e. The van der Waals surface area contributed by atoms with E-state index in [2.05, 4.69) is 6.92 Å². The Balaban J connectivity index is 1.87. The Morgan fingerprint density at radius 2 is 2.00 bits per heavy atom. The fraction of sp³-hybridized carbons (Fsp3) is 0.571. The highest BCUT2D eigenvalue weighted by Gasteiger charge is 2.21. The number of hydrogen-bond donors (Lipinski definition) is 1. The summed E-state index contributed by atoms with van der Waals surface area (Å²) in [5.41, 5.74) is 0. The Morgan fingerprint density at radius 1 is 1.25 bits per heavy atom. The summed E-state index contributed by atoms with van der Waals surface area (Å²) in [7, 11) is 0. The van der Waals surface area contributed by atoms with Gasteiger partial charge in [0, 0.05) is 6.07 Å². The molecule has 1 aromatic rings. The zero-order chi connectivity index (χ0) is 11.4. The molecule has 88 valence electrons. The number of rotatable bonds is 3. The van der Waals surface area contributed by atoms with Gasteiger partial charge < -0.3 is 9.84 Å². The lowest BCUT2D eigenvalue weighted by Gasteiger charge is -2.28. The molecule has 0 saturated heterocycles. The molecule has 2 rings (SSSR count). The molecular formula is C14H20O2. The van der Waals surface area contributed by atoms with E-state index >= 15 is 0 Å². The Morgan fingerprint density at radius 3 is 2.62 bits per heavy atom. The van der Waals surface area contributed by atoms with E-state index < -0.39 is 0 Å². The first-order valence-corrected chi connectivity index (χ1v) is 6.23. The quantitative estimate of drug-likeness (QED) is 0.840. The van der Waals surface area contributed by atoms with Gasteiger partial charge in [0.15, 0.2) is 0 Å². The molecule has 2 nitrogen and oxygen atoms in total. The monoisotopic (exact) mass is 220 g/mol. The molecule has 1 fully saturated rings. The second-order valence-corrected chi connectivity index (χ2v) is 4.67. The summed E-state index contributed by atoms with van der Waals surface area (Å²) >= 11 is 0. The number of benzene rings is 1. The topological polar surface area (TPSA) is 29.5 Å². The lowest BCUT2D eigenvalue weighted by atomic mass is 9.86. The van der Waals surface area contributed by atoms with Gasteiger partial charge in [-0.15, -0.1) is 0 Å². The SMILES string of the molecule is CCC1CCC(Oc2cccc(O)c2)CC1. The molecule has 1 aromatic carbocycles. The van der Waals surface area contributed by atoms with Crippen LogP contribution in [0.15, 0.2) is 24.3 Å². The Hall–Kier alpha value is -1.18. The summed E-state index contributed by atoms with van der Waals surface area (Å²) in [5, 5.41) is 9.34. The molecule has 0 aromatic heterocycles. The molecule has 1 aliphatic rings. The fourth-order valence-electron chi connectivity index (χ4n) is 2.41. The van der Waals surface area contributed by atoms with E-state index in [1.807, 2.05) is 12.1 Å². The van der Waals surface area contributed by atoms with Gasteiger partial charge in [0.1, 0.15) is 11.5 Å². The van der Waals surface area contributed by atoms with Crippen molar-refractivity contribution in [1.82, 2.24) is 0 Å². The highest BCUT2D eigenvalue weighted by Crippen LogP contribution is 2.30. The van der Waals surface area contributed by atoms with Crippen LogP contribution in [0.1, 0.15) is 39.0 Å². The van der Waals surface area contributed by atoms with Gasteiger partial charge in [-0.25, -0.2) is 0 Å². The van der Waals surface area contributed by atoms with Crippen LogP contribution in [0, 0.1) is 5.92 Å². The third-order valence-corrected chi connectivity index (χ3v) is 3.49. The fourth-order valence-corrected chi connectivity index (χ4v) is 2.41. The highest BCUT2D eigenvalue weighted by molar-refractivity contribution is 5.31. The van der Waals surface area contributed by atoms with Gasteiger partial charge in [-0.1, -0.05) is 19.4 Å². The van der Waals surface area contributed by atoms with Gasteiger partial charge in [-0.05, 0) is 43.7 Å². The van der Waals surface area contributed by atoms with Crippen molar-refractivity contribution in [2.24, 2.45) is 5.92 Å². The van der Waals surface area contributed by atoms with Gasteiger partial charge >= 0.3 is 0 Å². The van der Waals surface area contributed by atoms with Crippen LogP contribution >= 0.6 is 0 Å². The average Bonchev–Trinajstić information content (AvgIpc) is 2.30. The minimum atomic E-state index is 0.278. The largest absolute Gasteiger partial charge is 0.508 e. The molecule has 1 N–H and O–H groups in total. The number of phenols is 1. The van der Waals surface area contributed by atoms with Crippen LogP contribution < -0.4 is 4.74 Å². The molecule has 1 aliphatic carbocycles. The molecule has 0 unspecified atom stereocenters. The summed E-state index contributed by atoms with van der Waals surface area (Å²) in [4.78, 5) is 0.